The van der Waals surface area contributed by atoms with Crippen LogP contribution in [0.2, 0.25) is 0 Å². The Balaban J connectivity index is -0.0000000825. The Kier molecular flexibility index (Phi) is 50.5. The molecule has 10 N–H and O–H groups in total. The van der Waals surface area contributed by atoms with Crippen LogP contribution in [0.1, 0.15) is 47.1 Å². The third-order valence-electron chi connectivity index (χ3n) is 2.16. The number of rotatable bonds is 6. The number of nitrogens with one attached hydrogen (secondary N) is 1. The predicted octanol–water partition coefficient (Wildman–Crippen LogP) is 1.63. The van der Waals surface area contributed by atoms with Gasteiger partial charge in [0, 0.05) is 60.3 Å². The van der Waals surface area contributed by atoms with Gasteiger partial charge < -0.3 is 42.3 Å². The van der Waals surface area contributed by atoms with E-state index in [9.17, 15) is 0 Å². The van der Waals surface area contributed by atoms with Gasteiger partial charge in [-0.25, -0.2) is 4.99 Å². The van der Waals surface area contributed by atoms with E-state index in [1.807, 2.05) is 37.3 Å². The largest absolute Gasteiger partial charge is 0.481 e. The third kappa shape index (κ3) is 155. The predicted molar refractivity (Wildman–Crippen MR) is 147 cm³/mol. The van der Waals surface area contributed by atoms with E-state index in [-0.39, 0.29) is 0 Å². The molecule has 220 valence electrons. The van der Waals surface area contributed by atoms with Crippen LogP contribution in [0.4, 0.5) is 0 Å². The normalized spacial score (nSPS) is 8.42. The number of carbonyl (C=O) groups is 5. The lowest BCUT2D eigenvalue weighted by atomic mass is 10.2. The summed E-state index contributed by atoms with van der Waals surface area (Å²) in [6.07, 6.45) is 0. The molecule has 0 aromatic heterocycles. The van der Waals surface area contributed by atoms with Gasteiger partial charge in [0.2, 0.25) is 0 Å². The molecule has 0 aliphatic heterocycles. The second kappa shape index (κ2) is 40.4. The molecule has 0 fully saturated rings. The Morgan fingerprint density at radius 2 is 1.13 bits per heavy atom. The second-order valence-electron chi connectivity index (χ2n) is 6.37. The Bertz CT molecular complexity index is 685. The summed E-state index contributed by atoms with van der Waals surface area (Å²) in [4.78, 5) is 48.8. The molecule has 15 heteroatoms. The van der Waals surface area contributed by atoms with E-state index in [2.05, 4.69) is 27.7 Å². The van der Waals surface area contributed by atoms with E-state index in [1.54, 1.807) is 0 Å². The summed E-state index contributed by atoms with van der Waals surface area (Å²) in [7, 11) is 0. The molecule has 38 heavy (non-hydrogen) atoms. The molecule has 0 radical (unpaired) electrons. The number of carboxylic acids is 5. The van der Waals surface area contributed by atoms with Gasteiger partial charge in [-0.3, -0.25) is 24.0 Å². The van der Waals surface area contributed by atoms with E-state index in [1.165, 1.54) is 5.56 Å². The molecular formula is C23H42N4O10S. The van der Waals surface area contributed by atoms with Crippen molar-refractivity contribution in [2.75, 3.05) is 19.6 Å². The van der Waals surface area contributed by atoms with Crippen LogP contribution in [-0.2, 0) is 30.5 Å². The minimum absolute atomic E-state index is 0.401. The van der Waals surface area contributed by atoms with Crippen molar-refractivity contribution in [3.05, 3.63) is 35.9 Å². The molecule has 1 aromatic rings. The van der Waals surface area contributed by atoms with Gasteiger partial charge in [0.05, 0.1) is 11.7 Å². The topological polar surface area (TPSA) is 263 Å². The van der Waals surface area contributed by atoms with Crippen LogP contribution in [0, 0.1) is 0 Å². The van der Waals surface area contributed by atoms with Crippen molar-refractivity contribution in [1.82, 2.24) is 5.32 Å². The highest BCUT2D eigenvalue weighted by Gasteiger charge is 1.92. The molecule has 0 amide bonds. The van der Waals surface area contributed by atoms with Gasteiger partial charge in [-0.1, -0.05) is 30.3 Å². The maximum atomic E-state index is 9.00. The Labute approximate surface area is 228 Å². The van der Waals surface area contributed by atoms with Crippen LogP contribution in [0.15, 0.2) is 35.3 Å². The molecule has 1 rings (SSSR count). The molecule has 0 heterocycles. The highest BCUT2D eigenvalue weighted by Crippen LogP contribution is 1.98. The zero-order chi connectivity index (χ0) is 31.5. The minimum Gasteiger partial charge on any atom is -0.481 e. The fourth-order valence-corrected chi connectivity index (χ4v) is 1.18. The van der Waals surface area contributed by atoms with E-state index < -0.39 is 29.8 Å². The zero-order valence-electron chi connectivity index (χ0n) is 22.6. The van der Waals surface area contributed by atoms with Crippen LogP contribution in [-0.4, -0.2) is 86.2 Å². The molecule has 0 spiro atoms. The van der Waals surface area contributed by atoms with E-state index in [0.717, 1.165) is 41.2 Å². The monoisotopic (exact) mass is 566 g/mol. The van der Waals surface area contributed by atoms with Gasteiger partial charge in [0.15, 0.2) is 0 Å². The standard InChI is InChI=1S/C8H7NS.C5H15N3.5C2H4O2/c10-7-9-6-8-4-2-1-3-5-8;1-5(4-7)8-3-2-6;5*1-2(3)4/h1-5H,6H2;5,8H,2-4,6-7H2,1H3;5*1H3,(H,3,4). The lowest BCUT2D eigenvalue weighted by Crippen LogP contribution is -2.36. The summed E-state index contributed by atoms with van der Waals surface area (Å²) >= 11 is 4.43. The van der Waals surface area contributed by atoms with E-state index in [4.69, 9.17) is 61.0 Å². The van der Waals surface area contributed by atoms with Gasteiger partial charge in [0.1, 0.15) is 0 Å². The van der Waals surface area contributed by atoms with Gasteiger partial charge >= 0.3 is 0 Å². The maximum Gasteiger partial charge on any atom is 0.300 e. The number of carboxylic acid groups (broad SMARTS) is 5. The fourth-order valence-electron chi connectivity index (χ4n) is 1.12. The van der Waals surface area contributed by atoms with Crippen molar-refractivity contribution in [3.63, 3.8) is 0 Å². The third-order valence-corrected chi connectivity index (χ3v) is 2.29. The zero-order valence-corrected chi connectivity index (χ0v) is 23.4. The number of thiocarbonyl (C=S) groups is 1. The molecule has 0 saturated carbocycles. The van der Waals surface area contributed by atoms with Crippen LogP contribution in [0.3, 0.4) is 0 Å². The van der Waals surface area contributed by atoms with Crippen molar-refractivity contribution < 1.29 is 49.5 Å². The molecular weight excluding hydrogens is 524 g/mol. The summed E-state index contributed by atoms with van der Waals surface area (Å²) in [5.41, 5.74) is 11.7. The molecule has 1 aromatic carbocycles. The number of aliphatic carboxylic acids is 5. The molecule has 1 unspecified atom stereocenters. The van der Waals surface area contributed by atoms with Crippen molar-refractivity contribution >= 4 is 47.2 Å². The second-order valence-corrected chi connectivity index (χ2v) is 6.55. The van der Waals surface area contributed by atoms with Gasteiger partial charge in [-0.15, -0.1) is 0 Å². The smallest absolute Gasteiger partial charge is 0.300 e. The first-order valence-electron chi connectivity index (χ1n) is 10.6. The summed E-state index contributed by atoms with van der Waals surface area (Å²) in [5.74, 6) is -4.17. The average Bonchev–Trinajstić information content (AvgIpc) is 2.75. The number of nitrogens with zero attached hydrogens (tertiary/aromatic N) is 1. The lowest BCUT2D eigenvalue weighted by molar-refractivity contribution is -0.135. The van der Waals surface area contributed by atoms with Crippen LogP contribution in [0.5, 0.6) is 0 Å². The minimum atomic E-state index is -0.833. The van der Waals surface area contributed by atoms with Crippen LogP contribution >= 0.6 is 12.2 Å². The molecule has 1 atom stereocenters. The summed E-state index contributed by atoms with van der Waals surface area (Å²) < 4.78 is 0. The van der Waals surface area contributed by atoms with Crippen LogP contribution in [0.25, 0.3) is 0 Å². The molecule has 14 nitrogen and oxygen atoms in total. The van der Waals surface area contributed by atoms with E-state index >= 15 is 0 Å². The summed E-state index contributed by atoms with van der Waals surface area (Å²) in [5, 5.41) is 42.5. The van der Waals surface area contributed by atoms with Crippen LogP contribution < -0.4 is 16.8 Å². The molecule has 0 bridgehead atoms. The first-order valence-corrected chi connectivity index (χ1v) is 11.0. The van der Waals surface area contributed by atoms with Crippen molar-refractivity contribution in [2.45, 2.75) is 54.1 Å². The van der Waals surface area contributed by atoms with Gasteiger partial charge in [0.25, 0.3) is 29.8 Å². The number of hydrogen-bond acceptors (Lipinski definition) is 10. The fraction of sp³-hybridized carbons (Fsp3) is 0.478. The lowest BCUT2D eigenvalue weighted by Gasteiger charge is -2.08. The summed E-state index contributed by atoms with van der Waals surface area (Å²) in [6, 6.07) is 10.4. The number of benzene rings is 1. The average molecular weight is 567 g/mol. The highest BCUT2D eigenvalue weighted by atomic mass is 32.1. The van der Waals surface area contributed by atoms with Gasteiger partial charge in [-0.2, -0.15) is 0 Å². The first kappa shape index (κ1) is 47.4. The van der Waals surface area contributed by atoms with Crippen molar-refractivity contribution in [3.8, 4) is 0 Å². The molecule has 0 aliphatic rings. The number of aliphatic imine (C=N–C) groups is 1. The number of nitrogens with two attached hydrogens (primary N) is 2. The SMILES string of the molecule is CC(=O)O.CC(=O)O.CC(=O)O.CC(=O)O.CC(=O)O.CC(CN)NCCN.S=C=NCc1ccccc1. The Morgan fingerprint density at radius 1 is 0.816 bits per heavy atom. The highest BCUT2D eigenvalue weighted by molar-refractivity contribution is 7.78. The molecule has 0 aliphatic carbocycles. The Hall–Kier alpha value is -3.75. The number of hydrogen-bond donors (Lipinski definition) is 8. The molecule has 0 saturated heterocycles. The summed E-state index contributed by atoms with van der Waals surface area (Å²) in [6.45, 7) is 10.3. The number of isothiocyanates is 1. The van der Waals surface area contributed by atoms with Crippen molar-refractivity contribution in [1.29, 1.82) is 0 Å². The first-order chi connectivity index (χ1) is 17.4. The van der Waals surface area contributed by atoms with E-state index in [0.29, 0.717) is 25.7 Å². The van der Waals surface area contributed by atoms with Crippen molar-refractivity contribution in [2.24, 2.45) is 16.5 Å². The van der Waals surface area contributed by atoms with Gasteiger partial charge in [-0.05, 0) is 24.7 Å². The maximum absolute atomic E-state index is 9.00. The Morgan fingerprint density at radius 3 is 1.37 bits per heavy atom. The quantitative estimate of drug-likeness (QED) is 0.180.